The van der Waals surface area contributed by atoms with Crippen LogP contribution in [0.25, 0.3) is 4.96 Å². The van der Waals surface area contributed by atoms with Crippen molar-refractivity contribution in [2.45, 2.75) is 5.33 Å². The van der Waals surface area contributed by atoms with E-state index >= 15 is 0 Å². The van der Waals surface area contributed by atoms with Crippen molar-refractivity contribution in [3.8, 4) is 0 Å². The van der Waals surface area contributed by atoms with Crippen LogP contribution in [0.4, 0.5) is 0 Å². The van der Waals surface area contributed by atoms with Crippen molar-refractivity contribution in [3.05, 3.63) is 33.7 Å². The van der Waals surface area contributed by atoms with Crippen LogP contribution in [-0.2, 0) is 5.33 Å². The monoisotopic (exact) mass is 244 g/mol. The molecule has 0 aromatic carbocycles. The SMILES string of the molecule is O=c1cc(CBr)nc2sccn12. The van der Waals surface area contributed by atoms with Crippen LogP contribution in [0.1, 0.15) is 5.69 Å². The molecule has 0 spiro atoms. The summed E-state index contributed by atoms with van der Waals surface area (Å²) in [5.41, 5.74) is 0.762. The van der Waals surface area contributed by atoms with E-state index < -0.39 is 0 Å². The Balaban J connectivity index is 2.84. The fourth-order valence-corrected chi connectivity index (χ4v) is 1.98. The minimum Gasteiger partial charge on any atom is -0.269 e. The van der Waals surface area contributed by atoms with Gasteiger partial charge in [-0.1, -0.05) is 15.9 Å². The van der Waals surface area contributed by atoms with Gasteiger partial charge in [-0.05, 0) is 0 Å². The quantitative estimate of drug-likeness (QED) is 0.716. The van der Waals surface area contributed by atoms with E-state index in [1.165, 1.54) is 21.8 Å². The molecule has 62 valence electrons. The van der Waals surface area contributed by atoms with E-state index in [9.17, 15) is 4.79 Å². The molecule has 2 rings (SSSR count). The molecule has 0 bridgehead atoms. The Bertz CT molecular complexity index is 462. The third-order valence-corrected chi connectivity index (χ3v) is 2.82. The molecule has 5 heteroatoms. The topological polar surface area (TPSA) is 34.4 Å². The lowest BCUT2D eigenvalue weighted by Gasteiger charge is -1.94. The molecule has 0 fully saturated rings. The van der Waals surface area contributed by atoms with Crippen molar-refractivity contribution >= 4 is 32.2 Å². The molecule has 0 saturated heterocycles. The number of alkyl halides is 1. The maximum atomic E-state index is 11.3. The normalized spacial score (nSPS) is 10.8. The zero-order valence-electron chi connectivity index (χ0n) is 6.03. The van der Waals surface area contributed by atoms with Gasteiger partial charge in [0.2, 0.25) is 0 Å². The average Bonchev–Trinajstić information content (AvgIpc) is 2.52. The first-order chi connectivity index (χ1) is 5.81. The van der Waals surface area contributed by atoms with E-state index in [0.29, 0.717) is 5.33 Å². The summed E-state index contributed by atoms with van der Waals surface area (Å²) in [6.45, 7) is 0. The van der Waals surface area contributed by atoms with E-state index in [0.717, 1.165) is 10.7 Å². The van der Waals surface area contributed by atoms with E-state index in [4.69, 9.17) is 0 Å². The first-order valence-corrected chi connectivity index (χ1v) is 5.33. The van der Waals surface area contributed by atoms with Crippen LogP contribution in [0, 0.1) is 0 Å². The summed E-state index contributed by atoms with van der Waals surface area (Å²) in [6, 6.07) is 1.54. The van der Waals surface area contributed by atoms with Gasteiger partial charge in [0.15, 0.2) is 4.96 Å². The van der Waals surface area contributed by atoms with Gasteiger partial charge in [-0.15, -0.1) is 11.3 Å². The Hall–Kier alpha value is -0.680. The lowest BCUT2D eigenvalue weighted by atomic mass is 10.4. The van der Waals surface area contributed by atoms with Crippen LogP contribution in [0.5, 0.6) is 0 Å². The predicted molar refractivity (Wildman–Crippen MR) is 52.0 cm³/mol. The minimum atomic E-state index is -0.0179. The average molecular weight is 245 g/mol. The lowest BCUT2D eigenvalue weighted by Crippen LogP contribution is -2.12. The molecule has 0 aliphatic carbocycles. The Labute approximate surface area is 80.8 Å². The minimum absolute atomic E-state index is 0.0179. The summed E-state index contributed by atoms with van der Waals surface area (Å²) in [6.07, 6.45) is 1.73. The Morgan fingerprint density at radius 3 is 3.25 bits per heavy atom. The maximum absolute atomic E-state index is 11.3. The Morgan fingerprint density at radius 2 is 2.50 bits per heavy atom. The summed E-state index contributed by atoms with van der Waals surface area (Å²) in [5.74, 6) is 0. The molecule has 2 aromatic heterocycles. The van der Waals surface area contributed by atoms with E-state index in [1.807, 2.05) is 5.38 Å². The van der Waals surface area contributed by atoms with Gasteiger partial charge in [0.25, 0.3) is 5.56 Å². The van der Waals surface area contributed by atoms with Crippen LogP contribution in [0.15, 0.2) is 22.4 Å². The molecule has 0 aliphatic heterocycles. The number of fused-ring (bicyclic) bond motifs is 1. The third kappa shape index (κ3) is 1.19. The van der Waals surface area contributed by atoms with E-state index in [1.54, 1.807) is 6.20 Å². The highest BCUT2D eigenvalue weighted by Crippen LogP contribution is 2.07. The summed E-state index contributed by atoms with van der Waals surface area (Å²) in [7, 11) is 0. The summed E-state index contributed by atoms with van der Waals surface area (Å²) in [4.78, 5) is 16.3. The summed E-state index contributed by atoms with van der Waals surface area (Å²) in [5, 5.41) is 2.47. The van der Waals surface area contributed by atoms with Crippen molar-refractivity contribution in [1.29, 1.82) is 0 Å². The van der Waals surface area contributed by atoms with Crippen molar-refractivity contribution in [1.82, 2.24) is 9.38 Å². The summed E-state index contributed by atoms with van der Waals surface area (Å²) < 4.78 is 1.54. The second kappa shape index (κ2) is 2.99. The highest BCUT2D eigenvalue weighted by Gasteiger charge is 2.00. The smallest absolute Gasteiger partial charge is 0.258 e. The number of halogens is 1. The molecular weight excluding hydrogens is 240 g/mol. The number of rotatable bonds is 1. The van der Waals surface area contributed by atoms with Crippen molar-refractivity contribution < 1.29 is 0 Å². The Kier molecular flexibility index (Phi) is 1.98. The largest absolute Gasteiger partial charge is 0.269 e. The molecule has 0 aliphatic rings. The van der Waals surface area contributed by atoms with Gasteiger partial charge in [0, 0.05) is 23.0 Å². The summed E-state index contributed by atoms with van der Waals surface area (Å²) >= 11 is 4.72. The standard InChI is InChI=1S/C7H5BrN2OS/c8-4-5-3-6(11)10-1-2-12-7(10)9-5/h1-3H,4H2. The molecule has 0 amide bonds. The second-order valence-electron chi connectivity index (χ2n) is 2.27. The van der Waals surface area contributed by atoms with Crippen molar-refractivity contribution in [2.75, 3.05) is 0 Å². The maximum Gasteiger partial charge on any atom is 0.258 e. The predicted octanol–water partition coefficient (Wildman–Crippen LogP) is 1.65. The number of hydrogen-bond acceptors (Lipinski definition) is 3. The zero-order chi connectivity index (χ0) is 8.55. The van der Waals surface area contributed by atoms with Gasteiger partial charge in [-0.3, -0.25) is 9.20 Å². The molecule has 12 heavy (non-hydrogen) atoms. The van der Waals surface area contributed by atoms with Crippen LogP contribution in [0.3, 0.4) is 0 Å². The van der Waals surface area contributed by atoms with Gasteiger partial charge in [0.05, 0.1) is 5.69 Å². The van der Waals surface area contributed by atoms with Crippen molar-refractivity contribution in [2.24, 2.45) is 0 Å². The van der Waals surface area contributed by atoms with Crippen LogP contribution in [0.2, 0.25) is 0 Å². The zero-order valence-corrected chi connectivity index (χ0v) is 8.43. The van der Waals surface area contributed by atoms with Crippen LogP contribution < -0.4 is 5.56 Å². The first-order valence-electron chi connectivity index (χ1n) is 3.33. The molecule has 3 nitrogen and oxygen atoms in total. The van der Waals surface area contributed by atoms with E-state index in [-0.39, 0.29) is 5.56 Å². The molecule has 0 unspecified atom stereocenters. The molecule has 0 N–H and O–H groups in total. The molecule has 0 atom stereocenters. The number of hydrogen-bond donors (Lipinski definition) is 0. The van der Waals surface area contributed by atoms with Crippen LogP contribution >= 0.6 is 27.3 Å². The second-order valence-corrected chi connectivity index (χ2v) is 3.71. The van der Waals surface area contributed by atoms with Crippen LogP contribution in [-0.4, -0.2) is 9.38 Å². The Morgan fingerprint density at radius 1 is 1.67 bits per heavy atom. The van der Waals surface area contributed by atoms with Gasteiger partial charge < -0.3 is 0 Å². The number of aromatic nitrogens is 2. The molecular formula is C7H5BrN2OS. The first kappa shape index (κ1) is 7.94. The van der Waals surface area contributed by atoms with Gasteiger partial charge >= 0.3 is 0 Å². The fraction of sp³-hybridized carbons (Fsp3) is 0.143. The van der Waals surface area contributed by atoms with Crippen molar-refractivity contribution in [3.63, 3.8) is 0 Å². The number of nitrogens with zero attached hydrogens (tertiary/aromatic N) is 2. The molecule has 0 radical (unpaired) electrons. The molecule has 2 aromatic rings. The highest BCUT2D eigenvalue weighted by molar-refractivity contribution is 9.08. The number of thiazole rings is 1. The fourth-order valence-electron chi connectivity index (χ4n) is 0.956. The van der Waals surface area contributed by atoms with Gasteiger partial charge in [-0.2, -0.15) is 0 Å². The molecule has 2 heterocycles. The van der Waals surface area contributed by atoms with E-state index in [2.05, 4.69) is 20.9 Å². The lowest BCUT2D eigenvalue weighted by molar-refractivity contribution is 1.04. The van der Waals surface area contributed by atoms with Gasteiger partial charge in [0.1, 0.15) is 0 Å². The van der Waals surface area contributed by atoms with Gasteiger partial charge in [-0.25, -0.2) is 4.98 Å². The highest BCUT2D eigenvalue weighted by atomic mass is 79.9. The third-order valence-electron chi connectivity index (χ3n) is 1.49. The molecule has 0 saturated carbocycles.